The summed E-state index contributed by atoms with van der Waals surface area (Å²) in [6.45, 7) is 1.59. The molecule has 4 nitrogen and oxygen atoms in total. The number of anilines is 1. The Balaban J connectivity index is 2.50. The first kappa shape index (κ1) is 9.71. The van der Waals surface area contributed by atoms with Crippen LogP contribution in [0.3, 0.4) is 0 Å². The van der Waals surface area contributed by atoms with Gasteiger partial charge in [0.1, 0.15) is 5.75 Å². The van der Waals surface area contributed by atoms with Crippen molar-refractivity contribution in [3.05, 3.63) is 23.8 Å². The first-order chi connectivity index (χ1) is 7.13. The second-order valence-electron chi connectivity index (χ2n) is 3.41. The Morgan fingerprint density at radius 3 is 2.80 bits per heavy atom. The standard InChI is InChI=1S/C11H11NO3/c1-7(13)12-6-11(14)9-5-8(15-2)3-4-10(9)12/h3-5H,6H2,1-2H3. The Morgan fingerprint density at radius 2 is 2.20 bits per heavy atom. The van der Waals surface area contributed by atoms with E-state index in [9.17, 15) is 9.59 Å². The zero-order valence-corrected chi connectivity index (χ0v) is 8.61. The number of Topliss-reactive ketones (excluding diaryl/α,β-unsaturated/α-hetero) is 1. The van der Waals surface area contributed by atoms with Gasteiger partial charge >= 0.3 is 0 Å². The van der Waals surface area contributed by atoms with Crippen LogP contribution in [0.2, 0.25) is 0 Å². The maximum absolute atomic E-state index is 11.6. The van der Waals surface area contributed by atoms with Crippen molar-refractivity contribution in [1.82, 2.24) is 0 Å². The van der Waals surface area contributed by atoms with Crippen LogP contribution >= 0.6 is 0 Å². The van der Waals surface area contributed by atoms with E-state index >= 15 is 0 Å². The van der Waals surface area contributed by atoms with E-state index in [1.54, 1.807) is 25.3 Å². The average Bonchev–Trinajstić information content (AvgIpc) is 2.56. The van der Waals surface area contributed by atoms with Gasteiger partial charge in [0, 0.05) is 12.5 Å². The normalized spacial score (nSPS) is 14.0. The van der Waals surface area contributed by atoms with Crippen LogP contribution in [0.1, 0.15) is 17.3 Å². The molecule has 0 aromatic heterocycles. The fraction of sp³-hybridized carbons (Fsp3) is 0.273. The Hall–Kier alpha value is -1.84. The molecule has 1 aromatic carbocycles. The smallest absolute Gasteiger partial charge is 0.224 e. The molecule has 2 rings (SSSR count). The lowest BCUT2D eigenvalue weighted by atomic mass is 10.1. The van der Waals surface area contributed by atoms with E-state index in [4.69, 9.17) is 4.74 Å². The molecule has 0 saturated heterocycles. The predicted molar refractivity (Wildman–Crippen MR) is 55.4 cm³/mol. The molecule has 0 bridgehead atoms. The summed E-state index contributed by atoms with van der Waals surface area (Å²) in [5, 5.41) is 0. The number of ketones is 1. The molecule has 1 aliphatic heterocycles. The minimum Gasteiger partial charge on any atom is -0.497 e. The summed E-state index contributed by atoms with van der Waals surface area (Å²) in [6.07, 6.45) is 0. The second kappa shape index (κ2) is 3.38. The third-order valence-corrected chi connectivity index (χ3v) is 2.48. The third-order valence-electron chi connectivity index (χ3n) is 2.48. The van der Waals surface area contributed by atoms with Crippen LogP contribution in [-0.4, -0.2) is 25.3 Å². The van der Waals surface area contributed by atoms with Crippen molar-refractivity contribution in [2.24, 2.45) is 0 Å². The van der Waals surface area contributed by atoms with Gasteiger partial charge in [0.15, 0.2) is 5.78 Å². The molecule has 0 aliphatic carbocycles. The maximum Gasteiger partial charge on any atom is 0.224 e. The van der Waals surface area contributed by atoms with E-state index in [0.717, 1.165) is 0 Å². The highest BCUT2D eigenvalue weighted by Gasteiger charge is 2.29. The van der Waals surface area contributed by atoms with Crippen LogP contribution in [0.15, 0.2) is 18.2 Å². The molecule has 1 heterocycles. The van der Waals surface area contributed by atoms with Crippen molar-refractivity contribution in [2.75, 3.05) is 18.6 Å². The van der Waals surface area contributed by atoms with Crippen molar-refractivity contribution in [3.63, 3.8) is 0 Å². The Morgan fingerprint density at radius 1 is 1.47 bits per heavy atom. The number of rotatable bonds is 1. The molecule has 0 unspecified atom stereocenters. The van der Waals surface area contributed by atoms with E-state index < -0.39 is 0 Å². The van der Waals surface area contributed by atoms with Gasteiger partial charge in [-0.1, -0.05) is 0 Å². The third kappa shape index (κ3) is 1.48. The number of methoxy groups -OCH3 is 1. The fourth-order valence-electron chi connectivity index (χ4n) is 1.70. The minimum absolute atomic E-state index is 0.0425. The van der Waals surface area contributed by atoms with Crippen molar-refractivity contribution < 1.29 is 14.3 Å². The monoisotopic (exact) mass is 205 g/mol. The van der Waals surface area contributed by atoms with Crippen LogP contribution in [0.25, 0.3) is 0 Å². The van der Waals surface area contributed by atoms with Gasteiger partial charge in [-0.05, 0) is 18.2 Å². The number of ether oxygens (including phenoxy) is 1. The highest BCUT2D eigenvalue weighted by molar-refractivity contribution is 6.15. The predicted octanol–water partition coefficient (Wildman–Crippen LogP) is 1.24. The number of hydrogen-bond acceptors (Lipinski definition) is 3. The number of carbonyl (C=O) groups is 2. The maximum atomic E-state index is 11.6. The quantitative estimate of drug-likeness (QED) is 0.693. The molecule has 0 radical (unpaired) electrons. The number of nitrogens with zero attached hydrogens (tertiary/aromatic N) is 1. The topological polar surface area (TPSA) is 46.6 Å². The number of hydrogen-bond donors (Lipinski definition) is 0. The second-order valence-corrected chi connectivity index (χ2v) is 3.41. The molecule has 4 heteroatoms. The Kier molecular flexibility index (Phi) is 2.19. The molecular weight excluding hydrogens is 194 g/mol. The molecule has 0 atom stereocenters. The van der Waals surface area contributed by atoms with Crippen LogP contribution in [0.5, 0.6) is 5.75 Å². The first-order valence-corrected chi connectivity index (χ1v) is 4.63. The number of amides is 1. The lowest BCUT2D eigenvalue weighted by molar-refractivity contribution is -0.116. The summed E-state index contributed by atoms with van der Waals surface area (Å²) in [6, 6.07) is 5.15. The van der Waals surface area contributed by atoms with Gasteiger partial charge in [0.05, 0.1) is 19.3 Å². The van der Waals surface area contributed by atoms with Gasteiger partial charge in [-0.15, -0.1) is 0 Å². The highest BCUT2D eigenvalue weighted by Crippen LogP contribution is 2.31. The van der Waals surface area contributed by atoms with Crippen LogP contribution in [0.4, 0.5) is 5.69 Å². The minimum atomic E-state index is -0.118. The summed E-state index contributed by atoms with van der Waals surface area (Å²) in [7, 11) is 1.55. The van der Waals surface area contributed by atoms with Crippen molar-refractivity contribution in [2.45, 2.75) is 6.92 Å². The van der Waals surface area contributed by atoms with Crippen LogP contribution in [-0.2, 0) is 4.79 Å². The molecule has 0 saturated carbocycles. The Labute approximate surface area is 87.4 Å². The zero-order valence-electron chi connectivity index (χ0n) is 8.61. The molecule has 78 valence electrons. The summed E-state index contributed by atoms with van der Waals surface area (Å²) in [5.74, 6) is 0.471. The van der Waals surface area contributed by atoms with E-state index in [2.05, 4.69) is 0 Å². The lowest BCUT2D eigenvalue weighted by Gasteiger charge is -2.13. The molecule has 1 aliphatic rings. The van der Waals surface area contributed by atoms with Gasteiger partial charge in [0.25, 0.3) is 0 Å². The molecule has 0 N–H and O–H groups in total. The van der Waals surface area contributed by atoms with E-state index in [1.165, 1.54) is 11.8 Å². The van der Waals surface area contributed by atoms with Gasteiger partial charge < -0.3 is 9.64 Å². The fourth-order valence-corrected chi connectivity index (χ4v) is 1.70. The van der Waals surface area contributed by atoms with Crippen molar-refractivity contribution >= 4 is 17.4 Å². The van der Waals surface area contributed by atoms with Gasteiger partial charge in [-0.3, -0.25) is 9.59 Å². The van der Waals surface area contributed by atoms with Crippen molar-refractivity contribution in [1.29, 1.82) is 0 Å². The molecule has 1 aromatic rings. The largest absolute Gasteiger partial charge is 0.497 e. The van der Waals surface area contributed by atoms with Gasteiger partial charge in [-0.25, -0.2) is 0 Å². The van der Waals surface area contributed by atoms with Crippen molar-refractivity contribution in [3.8, 4) is 5.75 Å². The summed E-state index contributed by atoms with van der Waals surface area (Å²) < 4.78 is 5.03. The molecule has 0 fully saturated rings. The average molecular weight is 205 g/mol. The van der Waals surface area contributed by atoms with Crippen LogP contribution in [0, 0.1) is 0 Å². The van der Waals surface area contributed by atoms with E-state index in [-0.39, 0.29) is 18.2 Å². The summed E-state index contributed by atoms with van der Waals surface area (Å²) >= 11 is 0. The number of benzene rings is 1. The lowest BCUT2D eigenvalue weighted by Crippen LogP contribution is -2.27. The zero-order chi connectivity index (χ0) is 11.0. The first-order valence-electron chi connectivity index (χ1n) is 4.63. The summed E-state index contributed by atoms with van der Waals surface area (Å²) in [4.78, 5) is 24.3. The Bertz CT molecular complexity index is 439. The highest BCUT2D eigenvalue weighted by atomic mass is 16.5. The molecule has 1 amide bonds. The van der Waals surface area contributed by atoms with Gasteiger partial charge in [-0.2, -0.15) is 0 Å². The van der Waals surface area contributed by atoms with E-state index in [0.29, 0.717) is 17.0 Å². The molecule has 0 spiro atoms. The van der Waals surface area contributed by atoms with Crippen LogP contribution < -0.4 is 9.64 Å². The van der Waals surface area contributed by atoms with Gasteiger partial charge in [0.2, 0.25) is 5.91 Å². The number of carbonyl (C=O) groups excluding carboxylic acids is 2. The molecule has 15 heavy (non-hydrogen) atoms. The number of fused-ring (bicyclic) bond motifs is 1. The summed E-state index contributed by atoms with van der Waals surface area (Å²) in [5.41, 5.74) is 1.23. The van der Waals surface area contributed by atoms with E-state index in [1.807, 2.05) is 0 Å². The SMILES string of the molecule is COc1ccc2c(c1)C(=O)CN2C(C)=O. The molecular formula is C11H11NO3.